The van der Waals surface area contributed by atoms with Crippen molar-refractivity contribution < 1.29 is 9.47 Å². The number of hydrogen-bond acceptors (Lipinski definition) is 3. The lowest BCUT2D eigenvalue weighted by molar-refractivity contribution is 0.110. The lowest BCUT2D eigenvalue weighted by Gasteiger charge is -2.07. The summed E-state index contributed by atoms with van der Waals surface area (Å²) in [6.45, 7) is 1.75. The van der Waals surface area contributed by atoms with Crippen LogP contribution in [-0.2, 0) is 9.47 Å². The lowest BCUT2D eigenvalue weighted by Crippen LogP contribution is -2.25. The van der Waals surface area contributed by atoms with Crippen LogP contribution in [-0.4, -0.2) is 39.5 Å². The quantitative estimate of drug-likeness (QED) is 0.607. The van der Waals surface area contributed by atoms with E-state index in [4.69, 9.17) is 9.47 Å². The predicted octanol–water partition coefficient (Wildman–Crippen LogP) is 0.00970. The minimum absolute atomic E-state index is 0.389. The van der Waals surface area contributed by atoms with Crippen molar-refractivity contribution in [3.8, 4) is 0 Å². The normalized spacial score (nSPS) is 33.0. The van der Waals surface area contributed by atoms with Crippen molar-refractivity contribution in [2.75, 3.05) is 27.4 Å². The van der Waals surface area contributed by atoms with E-state index in [1.165, 1.54) is 0 Å². The molecule has 3 nitrogen and oxygen atoms in total. The summed E-state index contributed by atoms with van der Waals surface area (Å²) in [6, 6.07) is 0.495. The average molecular weight is 145 g/mol. The van der Waals surface area contributed by atoms with Gasteiger partial charge in [-0.1, -0.05) is 0 Å². The predicted molar refractivity (Wildman–Crippen MR) is 39.1 cm³/mol. The first-order valence-electron chi connectivity index (χ1n) is 3.62. The van der Waals surface area contributed by atoms with Crippen molar-refractivity contribution in [1.82, 2.24) is 5.32 Å². The molecule has 0 saturated carbocycles. The molecule has 0 spiro atoms. The summed E-state index contributed by atoms with van der Waals surface area (Å²) in [5.74, 6) is 0. The Morgan fingerprint density at radius 3 is 2.80 bits per heavy atom. The molecular weight excluding hydrogens is 130 g/mol. The van der Waals surface area contributed by atoms with E-state index in [2.05, 4.69) is 5.32 Å². The minimum Gasteiger partial charge on any atom is -0.383 e. The van der Waals surface area contributed by atoms with Gasteiger partial charge in [-0.25, -0.2) is 0 Å². The topological polar surface area (TPSA) is 30.5 Å². The van der Waals surface area contributed by atoms with Gasteiger partial charge in [-0.3, -0.25) is 0 Å². The second-order valence-electron chi connectivity index (χ2n) is 2.65. The summed E-state index contributed by atoms with van der Waals surface area (Å²) in [4.78, 5) is 0. The van der Waals surface area contributed by atoms with Crippen LogP contribution in [0.25, 0.3) is 0 Å². The van der Waals surface area contributed by atoms with E-state index >= 15 is 0 Å². The molecule has 0 bridgehead atoms. The Bertz CT molecular complexity index is 97.6. The number of methoxy groups -OCH3 is 2. The molecule has 1 heterocycles. The van der Waals surface area contributed by atoms with Gasteiger partial charge in [0, 0.05) is 26.8 Å². The molecule has 0 radical (unpaired) electrons. The van der Waals surface area contributed by atoms with Crippen molar-refractivity contribution in [3.63, 3.8) is 0 Å². The average Bonchev–Trinajstić information content (AvgIpc) is 2.37. The standard InChI is InChI=1S/C7H15NO2/c1-9-5-6-3-7(10-2)4-8-6/h6-8H,3-5H2,1-2H3/t6-,7+/m1/s1. The summed E-state index contributed by atoms with van der Waals surface area (Å²) >= 11 is 0. The van der Waals surface area contributed by atoms with Gasteiger partial charge >= 0.3 is 0 Å². The van der Waals surface area contributed by atoms with Crippen molar-refractivity contribution in [1.29, 1.82) is 0 Å². The molecule has 1 aliphatic heterocycles. The van der Waals surface area contributed by atoms with Crippen LogP contribution < -0.4 is 5.32 Å². The van der Waals surface area contributed by atoms with Crippen LogP contribution in [0.1, 0.15) is 6.42 Å². The number of rotatable bonds is 3. The number of ether oxygens (including phenoxy) is 2. The molecule has 1 saturated heterocycles. The van der Waals surface area contributed by atoms with Gasteiger partial charge in [0.1, 0.15) is 0 Å². The number of hydrogen-bond donors (Lipinski definition) is 1. The van der Waals surface area contributed by atoms with Crippen LogP contribution in [0.3, 0.4) is 0 Å². The molecule has 0 amide bonds. The van der Waals surface area contributed by atoms with Crippen LogP contribution in [0.4, 0.5) is 0 Å². The van der Waals surface area contributed by atoms with Gasteiger partial charge in [-0.2, -0.15) is 0 Å². The van der Waals surface area contributed by atoms with Crippen molar-refractivity contribution in [2.45, 2.75) is 18.6 Å². The van der Waals surface area contributed by atoms with Crippen molar-refractivity contribution in [2.24, 2.45) is 0 Å². The first-order chi connectivity index (χ1) is 4.86. The van der Waals surface area contributed by atoms with Gasteiger partial charge in [0.05, 0.1) is 12.7 Å². The van der Waals surface area contributed by atoms with E-state index in [0.717, 1.165) is 19.6 Å². The molecule has 0 aromatic rings. The van der Waals surface area contributed by atoms with Crippen LogP contribution in [0.2, 0.25) is 0 Å². The van der Waals surface area contributed by atoms with Gasteiger partial charge in [-0.05, 0) is 6.42 Å². The first-order valence-corrected chi connectivity index (χ1v) is 3.62. The molecule has 0 unspecified atom stereocenters. The zero-order valence-electron chi connectivity index (χ0n) is 6.59. The minimum atomic E-state index is 0.389. The lowest BCUT2D eigenvalue weighted by atomic mass is 10.2. The van der Waals surface area contributed by atoms with Crippen LogP contribution in [0.15, 0.2) is 0 Å². The van der Waals surface area contributed by atoms with Gasteiger partial charge in [-0.15, -0.1) is 0 Å². The molecule has 0 aliphatic carbocycles. The second kappa shape index (κ2) is 3.91. The molecule has 0 aromatic heterocycles. The van der Waals surface area contributed by atoms with Gasteiger partial charge in [0.2, 0.25) is 0 Å². The highest BCUT2D eigenvalue weighted by Gasteiger charge is 2.22. The molecule has 60 valence electrons. The highest BCUT2D eigenvalue weighted by atomic mass is 16.5. The third-order valence-corrected chi connectivity index (χ3v) is 1.88. The second-order valence-corrected chi connectivity index (χ2v) is 2.65. The fraction of sp³-hybridized carbons (Fsp3) is 1.00. The Labute approximate surface area is 61.7 Å². The SMILES string of the molecule is COC[C@H]1C[C@H](OC)CN1. The van der Waals surface area contributed by atoms with Crippen molar-refractivity contribution in [3.05, 3.63) is 0 Å². The summed E-state index contributed by atoms with van der Waals surface area (Å²) in [5.41, 5.74) is 0. The molecule has 10 heavy (non-hydrogen) atoms. The molecule has 1 aliphatic rings. The van der Waals surface area contributed by atoms with Crippen LogP contribution >= 0.6 is 0 Å². The fourth-order valence-electron chi connectivity index (χ4n) is 1.29. The maximum absolute atomic E-state index is 5.17. The molecule has 3 heteroatoms. The maximum Gasteiger partial charge on any atom is 0.0711 e. The Hall–Kier alpha value is -0.120. The van der Waals surface area contributed by atoms with Crippen molar-refractivity contribution >= 4 is 0 Å². The Morgan fingerprint density at radius 1 is 1.50 bits per heavy atom. The van der Waals surface area contributed by atoms with E-state index in [-0.39, 0.29) is 0 Å². The third-order valence-electron chi connectivity index (χ3n) is 1.88. The fourth-order valence-corrected chi connectivity index (χ4v) is 1.29. The molecule has 1 N–H and O–H groups in total. The first kappa shape index (κ1) is 7.98. The number of nitrogens with one attached hydrogen (secondary N) is 1. The van der Waals surface area contributed by atoms with Crippen LogP contribution in [0, 0.1) is 0 Å². The van der Waals surface area contributed by atoms with Gasteiger partial charge < -0.3 is 14.8 Å². The zero-order chi connectivity index (χ0) is 7.40. The Balaban J connectivity index is 2.15. The van der Waals surface area contributed by atoms with E-state index in [9.17, 15) is 0 Å². The van der Waals surface area contributed by atoms with E-state index in [0.29, 0.717) is 12.1 Å². The highest BCUT2D eigenvalue weighted by molar-refractivity contribution is 4.81. The molecule has 0 aromatic carbocycles. The Kier molecular flexibility index (Phi) is 3.12. The smallest absolute Gasteiger partial charge is 0.0711 e. The van der Waals surface area contributed by atoms with E-state index < -0.39 is 0 Å². The van der Waals surface area contributed by atoms with E-state index in [1.807, 2.05) is 0 Å². The largest absolute Gasteiger partial charge is 0.383 e. The monoisotopic (exact) mass is 145 g/mol. The van der Waals surface area contributed by atoms with Gasteiger partial charge in [0.15, 0.2) is 0 Å². The third kappa shape index (κ3) is 1.94. The summed E-state index contributed by atoms with van der Waals surface area (Å²) < 4.78 is 10.2. The molecular formula is C7H15NO2. The molecule has 1 fully saturated rings. The van der Waals surface area contributed by atoms with Gasteiger partial charge in [0.25, 0.3) is 0 Å². The van der Waals surface area contributed by atoms with Crippen LogP contribution in [0.5, 0.6) is 0 Å². The zero-order valence-corrected chi connectivity index (χ0v) is 6.59. The molecule has 2 atom stereocenters. The summed E-state index contributed by atoms with van der Waals surface area (Å²) in [5, 5.41) is 3.31. The molecule has 1 rings (SSSR count). The Morgan fingerprint density at radius 2 is 2.30 bits per heavy atom. The highest BCUT2D eigenvalue weighted by Crippen LogP contribution is 2.08. The maximum atomic E-state index is 5.17. The summed E-state index contributed by atoms with van der Waals surface area (Å²) in [7, 11) is 3.48. The summed E-state index contributed by atoms with van der Waals surface area (Å²) in [6.07, 6.45) is 1.46. The van der Waals surface area contributed by atoms with E-state index in [1.54, 1.807) is 14.2 Å².